The summed E-state index contributed by atoms with van der Waals surface area (Å²) in [5, 5.41) is 2.29. The maximum absolute atomic E-state index is 2.33. The van der Waals surface area contributed by atoms with Crippen LogP contribution in [-0.2, 0) is 6.42 Å². The number of hydrogen-bond acceptors (Lipinski definition) is 2. The minimum absolute atomic E-state index is 1.06. The summed E-state index contributed by atoms with van der Waals surface area (Å²) in [5.74, 6) is 0. The summed E-state index contributed by atoms with van der Waals surface area (Å²) in [6.07, 6.45) is 1.06. The number of thiophene rings is 2. The second-order valence-electron chi connectivity index (χ2n) is 4.80. The van der Waals surface area contributed by atoms with Crippen molar-refractivity contribution < 1.29 is 0 Å². The molecule has 96 valence electrons. The Morgan fingerprint density at radius 2 is 1.79 bits per heavy atom. The molecule has 0 saturated heterocycles. The third kappa shape index (κ3) is 2.80. The van der Waals surface area contributed by atoms with Crippen molar-refractivity contribution >= 4 is 22.7 Å². The van der Waals surface area contributed by atoms with E-state index < -0.39 is 0 Å². The van der Waals surface area contributed by atoms with Crippen LogP contribution < -0.4 is 0 Å². The van der Waals surface area contributed by atoms with Crippen LogP contribution >= 0.6 is 22.7 Å². The molecule has 0 radical (unpaired) electrons. The van der Waals surface area contributed by atoms with E-state index in [1.807, 2.05) is 22.7 Å². The summed E-state index contributed by atoms with van der Waals surface area (Å²) in [4.78, 5) is 4.22. The predicted octanol–water partition coefficient (Wildman–Crippen LogP) is 5.68. The fourth-order valence-electron chi connectivity index (χ4n) is 2.30. The van der Waals surface area contributed by atoms with Gasteiger partial charge in [-0.25, -0.2) is 0 Å². The van der Waals surface area contributed by atoms with E-state index in [1.165, 1.54) is 31.3 Å². The highest BCUT2D eigenvalue weighted by Gasteiger charge is 2.07. The highest BCUT2D eigenvalue weighted by molar-refractivity contribution is 7.13. The summed E-state index contributed by atoms with van der Waals surface area (Å²) in [6, 6.07) is 15.3. The highest BCUT2D eigenvalue weighted by Crippen LogP contribution is 2.30. The van der Waals surface area contributed by atoms with E-state index in [1.54, 1.807) is 0 Å². The van der Waals surface area contributed by atoms with Gasteiger partial charge in [-0.3, -0.25) is 0 Å². The molecule has 0 unspecified atom stereocenters. The van der Waals surface area contributed by atoms with Gasteiger partial charge in [0.1, 0.15) is 0 Å². The largest absolute Gasteiger partial charge is 0.146 e. The number of aryl methyl sites for hydroxylation is 2. The maximum Gasteiger partial charge on any atom is 0.0345 e. The van der Waals surface area contributed by atoms with E-state index in [0.29, 0.717) is 0 Å². The van der Waals surface area contributed by atoms with Crippen LogP contribution in [0.15, 0.2) is 47.8 Å². The summed E-state index contributed by atoms with van der Waals surface area (Å²) >= 11 is 3.73. The molecule has 1 aromatic carbocycles. The van der Waals surface area contributed by atoms with E-state index >= 15 is 0 Å². The van der Waals surface area contributed by atoms with Gasteiger partial charge in [-0.05, 0) is 54.5 Å². The molecule has 0 spiro atoms. The molecule has 2 aromatic heterocycles. The minimum atomic E-state index is 1.06. The van der Waals surface area contributed by atoms with Crippen LogP contribution in [0.3, 0.4) is 0 Å². The summed E-state index contributed by atoms with van der Waals surface area (Å²) in [6.45, 7) is 4.40. The SMILES string of the molecule is Cc1cc(Cc2csc(-c3ccccc3)c2)c(C)s1. The Kier molecular flexibility index (Phi) is 3.54. The lowest BCUT2D eigenvalue weighted by atomic mass is 10.1. The van der Waals surface area contributed by atoms with Crippen molar-refractivity contribution in [3.63, 3.8) is 0 Å². The van der Waals surface area contributed by atoms with Gasteiger partial charge < -0.3 is 0 Å². The predicted molar refractivity (Wildman–Crippen MR) is 86.4 cm³/mol. The lowest BCUT2D eigenvalue weighted by Crippen LogP contribution is -1.84. The first-order valence-electron chi connectivity index (χ1n) is 6.41. The van der Waals surface area contributed by atoms with Crippen molar-refractivity contribution in [1.29, 1.82) is 0 Å². The Hall–Kier alpha value is -1.38. The zero-order chi connectivity index (χ0) is 13.2. The molecule has 2 heteroatoms. The zero-order valence-corrected chi connectivity index (χ0v) is 12.8. The maximum atomic E-state index is 2.33. The molecular formula is C17H16S2. The quantitative estimate of drug-likeness (QED) is 0.580. The van der Waals surface area contributed by atoms with Crippen molar-refractivity contribution in [2.24, 2.45) is 0 Å². The molecule has 3 rings (SSSR count). The molecule has 0 aliphatic rings. The van der Waals surface area contributed by atoms with Gasteiger partial charge in [-0.1, -0.05) is 30.3 Å². The average Bonchev–Trinajstić information content (AvgIpc) is 2.99. The van der Waals surface area contributed by atoms with E-state index in [4.69, 9.17) is 0 Å². The molecule has 0 amide bonds. The Morgan fingerprint density at radius 3 is 2.47 bits per heavy atom. The van der Waals surface area contributed by atoms with Crippen molar-refractivity contribution in [1.82, 2.24) is 0 Å². The van der Waals surface area contributed by atoms with Crippen molar-refractivity contribution in [2.75, 3.05) is 0 Å². The van der Waals surface area contributed by atoms with Crippen LogP contribution in [-0.4, -0.2) is 0 Å². The van der Waals surface area contributed by atoms with Crippen molar-refractivity contribution in [3.8, 4) is 10.4 Å². The third-order valence-corrected chi connectivity index (χ3v) is 5.29. The van der Waals surface area contributed by atoms with Gasteiger partial charge in [0, 0.05) is 14.6 Å². The zero-order valence-electron chi connectivity index (χ0n) is 11.1. The monoisotopic (exact) mass is 284 g/mol. The molecule has 0 aliphatic heterocycles. The molecule has 2 heterocycles. The average molecular weight is 284 g/mol. The fourth-order valence-corrected chi connectivity index (χ4v) is 4.17. The molecule has 3 aromatic rings. The molecule has 0 aliphatic carbocycles. The molecule has 0 nitrogen and oxygen atoms in total. The lowest BCUT2D eigenvalue weighted by molar-refractivity contribution is 1.20. The molecule has 19 heavy (non-hydrogen) atoms. The normalized spacial score (nSPS) is 10.8. The van der Waals surface area contributed by atoms with Crippen LogP contribution in [0.2, 0.25) is 0 Å². The highest BCUT2D eigenvalue weighted by atomic mass is 32.1. The Bertz CT molecular complexity index is 674. The third-order valence-electron chi connectivity index (χ3n) is 3.25. The lowest BCUT2D eigenvalue weighted by Gasteiger charge is -1.97. The second-order valence-corrected chi connectivity index (χ2v) is 7.17. The minimum Gasteiger partial charge on any atom is -0.146 e. The summed E-state index contributed by atoms with van der Waals surface area (Å²) in [5.41, 5.74) is 4.21. The summed E-state index contributed by atoms with van der Waals surface area (Å²) < 4.78 is 0. The van der Waals surface area contributed by atoms with Crippen LogP contribution in [0.25, 0.3) is 10.4 Å². The topological polar surface area (TPSA) is 0 Å². The van der Waals surface area contributed by atoms with Crippen LogP contribution in [0.1, 0.15) is 20.9 Å². The van der Waals surface area contributed by atoms with Gasteiger partial charge in [-0.2, -0.15) is 0 Å². The van der Waals surface area contributed by atoms with Crippen molar-refractivity contribution in [3.05, 3.63) is 68.7 Å². The van der Waals surface area contributed by atoms with Crippen LogP contribution in [0.4, 0.5) is 0 Å². The van der Waals surface area contributed by atoms with E-state index in [9.17, 15) is 0 Å². The Labute approximate surface area is 122 Å². The van der Waals surface area contributed by atoms with Gasteiger partial charge >= 0.3 is 0 Å². The van der Waals surface area contributed by atoms with Gasteiger partial charge in [0.15, 0.2) is 0 Å². The van der Waals surface area contributed by atoms with E-state index in [-0.39, 0.29) is 0 Å². The van der Waals surface area contributed by atoms with Crippen LogP contribution in [0, 0.1) is 13.8 Å². The van der Waals surface area contributed by atoms with Gasteiger partial charge in [0.05, 0.1) is 0 Å². The van der Waals surface area contributed by atoms with Crippen LogP contribution in [0.5, 0.6) is 0 Å². The first-order valence-corrected chi connectivity index (χ1v) is 8.11. The molecule has 0 bridgehead atoms. The Balaban J connectivity index is 1.84. The van der Waals surface area contributed by atoms with E-state index in [0.717, 1.165) is 6.42 Å². The standard InChI is InChI=1S/C17H16S2/c1-12-8-16(13(2)19-12)9-14-10-17(18-11-14)15-6-4-3-5-7-15/h3-8,10-11H,9H2,1-2H3. The molecule has 0 N–H and O–H groups in total. The van der Waals surface area contributed by atoms with Gasteiger partial charge in [0.25, 0.3) is 0 Å². The van der Waals surface area contributed by atoms with E-state index in [2.05, 4.69) is 61.7 Å². The van der Waals surface area contributed by atoms with Crippen molar-refractivity contribution in [2.45, 2.75) is 20.3 Å². The summed E-state index contributed by atoms with van der Waals surface area (Å²) in [7, 11) is 0. The first-order chi connectivity index (χ1) is 9.22. The number of hydrogen-bond donors (Lipinski definition) is 0. The second kappa shape index (κ2) is 5.32. The van der Waals surface area contributed by atoms with Gasteiger partial charge in [-0.15, -0.1) is 22.7 Å². The Morgan fingerprint density at radius 1 is 1.00 bits per heavy atom. The van der Waals surface area contributed by atoms with Gasteiger partial charge in [0.2, 0.25) is 0 Å². The number of benzene rings is 1. The number of rotatable bonds is 3. The molecule has 0 saturated carbocycles. The smallest absolute Gasteiger partial charge is 0.0345 e. The fraction of sp³-hybridized carbons (Fsp3) is 0.176. The molecular weight excluding hydrogens is 268 g/mol. The molecule has 0 fully saturated rings. The molecule has 0 atom stereocenters. The first kappa shape index (κ1) is 12.6.